The molecule has 0 radical (unpaired) electrons. The number of methoxy groups -OCH3 is 2. The van der Waals surface area contributed by atoms with Gasteiger partial charge in [-0.05, 0) is 24.5 Å². The zero-order chi connectivity index (χ0) is 12.4. The molecule has 1 aromatic carbocycles. The van der Waals surface area contributed by atoms with Gasteiger partial charge in [-0.3, -0.25) is 0 Å². The van der Waals surface area contributed by atoms with E-state index in [1.54, 1.807) is 14.2 Å². The van der Waals surface area contributed by atoms with Crippen LogP contribution >= 0.6 is 15.9 Å². The summed E-state index contributed by atoms with van der Waals surface area (Å²) in [5.74, 6) is 1.64. The fraction of sp³-hybridized carbons (Fsp3) is 0.538. The molecule has 0 amide bonds. The predicted octanol–water partition coefficient (Wildman–Crippen LogP) is 2.89. The maximum atomic E-state index is 5.47. The van der Waals surface area contributed by atoms with Crippen LogP contribution in [0.15, 0.2) is 10.5 Å². The van der Waals surface area contributed by atoms with Crippen molar-refractivity contribution in [1.82, 2.24) is 5.32 Å². The van der Waals surface area contributed by atoms with E-state index in [1.807, 2.05) is 6.07 Å². The first-order valence-electron chi connectivity index (χ1n) is 5.86. The lowest BCUT2D eigenvalue weighted by Crippen LogP contribution is -2.35. The largest absolute Gasteiger partial charge is 0.493 e. The molecule has 3 nitrogen and oxygen atoms in total. The number of benzene rings is 1. The molecule has 1 heterocycles. The van der Waals surface area contributed by atoms with Crippen LogP contribution in [0.2, 0.25) is 0 Å². The van der Waals surface area contributed by atoms with Gasteiger partial charge in [0.25, 0.3) is 0 Å². The van der Waals surface area contributed by atoms with Crippen molar-refractivity contribution in [3.05, 3.63) is 21.7 Å². The van der Waals surface area contributed by atoms with Crippen molar-refractivity contribution in [3.63, 3.8) is 0 Å². The van der Waals surface area contributed by atoms with Crippen LogP contribution in [0.1, 0.15) is 24.5 Å². The Balaban J connectivity index is 2.49. The number of hydrogen-bond donors (Lipinski definition) is 1. The van der Waals surface area contributed by atoms with Gasteiger partial charge >= 0.3 is 0 Å². The van der Waals surface area contributed by atoms with Crippen molar-refractivity contribution >= 4 is 15.9 Å². The van der Waals surface area contributed by atoms with Gasteiger partial charge in [-0.15, -0.1) is 0 Å². The zero-order valence-electron chi connectivity index (χ0n) is 10.5. The predicted molar refractivity (Wildman–Crippen MR) is 71.9 cm³/mol. The first-order valence-corrected chi connectivity index (χ1v) is 6.66. The highest BCUT2D eigenvalue weighted by Gasteiger charge is 2.24. The summed E-state index contributed by atoms with van der Waals surface area (Å²) in [4.78, 5) is 0. The summed E-state index contributed by atoms with van der Waals surface area (Å²) in [6.45, 7) is 3.05. The zero-order valence-corrected chi connectivity index (χ0v) is 12.1. The molecule has 1 aliphatic heterocycles. The quantitative estimate of drug-likeness (QED) is 0.931. The minimum absolute atomic E-state index is 0.553. The Labute approximate surface area is 111 Å². The third kappa shape index (κ3) is 2.29. The Morgan fingerprint density at radius 1 is 1.35 bits per heavy atom. The van der Waals surface area contributed by atoms with Gasteiger partial charge in [0.15, 0.2) is 11.5 Å². The average Bonchev–Trinajstić information content (AvgIpc) is 2.38. The number of ether oxygens (including phenoxy) is 2. The van der Waals surface area contributed by atoms with Crippen molar-refractivity contribution < 1.29 is 9.47 Å². The standard InChI is InChI=1S/C13H18BrNO2/c1-4-8-5-9-10(7-15-8)13(17-3)12(16-2)6-11(9)14/h6,8,15H,4-5,7H2,1-3H3. The van der Waals surface area contributed by atoms with Gasteiger partial charge in [-0.25, -0.2) is 0 Å². The molecule has 2 rings (SSSR count). The highest BCUT2D eigenvalue weighted by atomic mass is 79.9. The Kier molecular flexibility index (Phi) is 3.94. The fourth-order valence-corrected chi connectivity index (χ4v) is 2.94. The number of rotatable bonds is 3. The molecule has 0 aliphatic carbocycles. The number of halogens is 1. The molecule has 4 heteroatoms. The summed E-state index contributed by atoms with van der Waals surface area (Å²) in [6, 6.07) is 2.55. The average molecular weight is 300 g/mol. The smallest absolute Gasteiger partial charge is 0.165 e. The van der Waals surface area contributed by atoms with E-state index in [0.29, 0.717) is 6.04 Å². The van der Waals surface area contributed by atoms with Crippen LogP contribution in [0.4, 0.5) is 0 Å². The molecular weight excluding hydrogens is 282 g/mol. The second kappa shape index (κ2) is 5.27. The molecule has 1 aromatic rings. The second-order valence-electron chi connectivity index (χ2n) is 4.24. The molecule has 1 atom stereocenters. The molecule has 0 aromatic heterocycles. The van der Waals surface area contributed by atoms with E-state index in [1.165, 1.54) is 11.1 Å². The van der Waals surface area contributed by atoms with Crippen LogP contribution in [-0.2, 0) is 13.0 Å². The van der Waals surface area contributed by atoms with Gasteiger partial charge in [0.1, 0.15) is 0 Å². The summed E-state index contributed by atoms with van der Waals surface area (Å²) in [6.07, 6.45) is 2.17. The van der Waals surface area contributed by atoms with E-state index in [9.17, 15) is 0 Å². The van der Waals surface area contributed by atoms with E-state index in [2.05, 4.69) is 28.2 Å². The third-order valence-corrected chi connectivity index (χ3v) is 4.05. The second-order valence-corrected chi connectivity index (χ2v) is 5.10. The van der Waals surface area contributed by atoms with Crippen LogP contribution < -0.4 is 14.8 Å². The van der Waals surface area contributed by atoms with Crippen LogP contribution in [0.3, 0.4) is 0 Å². The normalized spacial score (nSPS) is 18.7. The van der Waals surface area contributed by atoms with Crippen LogP contribution in [0.25, 0.3) is 0 Å². The van der Waals surface area contributed by atoms with Crippen LogP contribution in [0, 0.1) is 0 Å². The van der Waals surface area contributed by atoms with Crippen molar-refractivity contribution in [2.75, 3.05) is 14.2 Å². The summed E-state index contributed by atoms with van der Waals surface area (Å²) < 4.78 is 11.9. The topological polar surface area (TPSA) is 30.5 Å². The van der Waals surface area contributed by atoms with Crippen LogP contribution in [0.5, 0.6) is 11.5 Å². The van der Waals surface area contributed by atoms with Crippen molar-refractivity contribution in [3.8, 4) is 11.5 Å². The molecule has 0 fully saturated rings. The van der Waals surface area contributed by atoms with Gasteiger partial charge < -0.3 is 14.8 Å². The van der Waals surface area contributed by atoms with Crippen molar-refractivity contribution in [2.24, 2.45) is 0 Å². The van der Waals surface area contributed by atoms with Gasteiger partial charge in [-0.1, -0.05) is 22.9 Å². The third-order valence-electron chi connectivity index (χ3n) is 3.34. The number of hydrogen-bond acceptors (Lipinski definition) is 3. The molecule has 0 saturated heterocycles. The van der Waals surface area contributed by atoms with E-state index >= 15 is 0 Å². The molecule has 17 heavy (non-hydrogen) atoms. The monoisotopic (exact) mass is 299 g/mol. The first kappa shape index (κ1) is 12.7. The number of nitrogens with one attached hydrogen (secondary N) is 1. The molecule has 94 valence electrons. The fourth-order valence-electron chi connectivity index (χ4n) is 2.33. The highest BCUT2D eigenvalue weighted by Crippen LogP contribution is 2.40. The first-order chi connectivity index (χ1) is 8.21. The molecule has 1 N–H and O–H groups in total. The Bertz CT molecular complexity index is 420. The maximum Gasteiger partial charge on any atom is 0.165 e. The lowest BCUT2D eigenvalue weighted by atomic mass is 9.93. The van der Waals surface area contributed by atoms with E-state index in [-0.39, 0.29) is 0 Å². The molecule has 0 spiro atoms. The van der Waals surface area contributed by atoms with E-state index in [4.69, 9.17) is 9.47 Å². The summed E-state index contributed by atoms with van der Waals surface area (Å²) in [5.41, 5.74) is 2.55. The number of fused-ring (bicyclic) bond motifs is 1. The van der Waals surface area contributed by atoms with Gasteiger partial charge in [0.2, 0.25) is 0 Å². The van der Waals surface area contributed by atoms with Crippen molar-refractivity contribution in [1.29, 1.82) is 0 Å². The van der Waals surface area contributed by atoms with Gasteiger partial charge in [0.05, 0.1) is 14.2 Å². The lowest BCUT2D eigenvalue weighted by Gasteiger charge is -2.28. The summed E-state index contributed by atoms with van der Waals surface area (Å²) in [7, 11) is 3.36. The van der Waals surface area contributed by atoms with E-state index < -0.39 is 0 Å². The Morgan fingerprint density at radius 2 is 2.12 bits per heavy atom. The molecular formula is C13H18BrNO2. The summed E-state index contributed by atoms with van der Waals surface area (Å²) >= 11 is 3.63. The minimum atomic E-state index is 0.553. The van der Waals surface area contributed by atoms with E-state index in [0.717, 1.165) is 35.4 Å². The Hall–Kier alpha value is -0.740. The Morgan fingerprint density at radius 3 is 2.71 bits per heavy atom. The van der Waals surface area contributed by atoms with Crippen LogP contribution in [-0.4, -0.2) is 20.3 Å². The minimum Gasteiger partial charge on any atom is -0.493 e. The highest BCUT2D eigenvalue weighted by molar-refractivity contribution is 9.10. The van der Waals surface area contributed by atoms with Crippen molar-refractivity contribution in [2.45, 2.75) is 32.4 Å². The summed E-state index contributed by atoms with van der Waals surface area (Å²) in [5, 5.41) is 3.52. The molecule has 0 saturated carbocycles. The maximum absolute atomic E-state index is 5.47. The molecule has 1 aliphatic rings. The molecule has 0 bridgehead atoms. The lowest BCUT2D eigenvalue weighted by molar-refractivity contribution is 0.344. The SMILES string of the molecule is CCC1Cc2c(Br)cc(OC)c(OC)c2CN1. The van der Waals surface area contributed by atoms with Gasteiger partial charge in [0, 0.05) is 22.6 Å². The van der Waals surface area contributed by atoms with Gasteiger partial charge in [-0.2, -0.15) is 0 Å². The molecule has 1 unspecified atom stereocenters.